The molecule has 6 heteroatoms. The first-order valence-electron chi connectivity index (χ1n) is 2.92. The van der Waals surface area contributed by atoms with Crippen molar-refractivity contribution in [1.29, 1.82) is 0 Å². The number of benzene rings is 1. The lowest BCUT2D eigenvalue weighted by molar-refractivity contribution is 0.473. The van der Waals surface area contributed by atoms with Crippen LogP contribution in [0, 0.1) is 0 Å². The van der Waals surface area contributed by atoms with Crippen molar-refractivity contribution in [3.8, 4) is 5.75 Å². The van der Waals surface area contributed by atoms with E-state index in [1.54, 1.807) is 0 Å². The zero-order valence-electron chi connectivity index (χ0n) is 5.86. The molecule has 0 unspecified atom stereocenters. The molecule has 0 aliphatic rings. The average Bonchev–Trinajstić information content (AvgIpc) is 1.92. The molecule has 4 nitrogen and oxygen atoms in total. The van der Waals surface area contributed by atoms with Crippen LogP contribution in [0.5, 0.6) is 5.75 Å². The lowest BCUT2D eigenvalue weighted by atomic mass is 10.3. The third kappa shape index (κ3) is 1.96. The zero-order chi connectivity index (χ0) is 9.35. The van der Waals surface area contributed by atoms with Gasteiger partial charge in [-0.1, -0.05) is 0 Å². The zero-order valence-corrected chi connectivity index (χ0v) is 8.26. The van der Waals surface area contributed by atoms with Gasteiger partial charge in [0.25, 0.3) is 0 Å². The van der Waals surface area contributed by atoms with Crippen molar-refractivity contribution in [1.82, 2.24) is 0 Å². The number of phenolic OH excluding ortho intramolecular Hbond substituents is 1. The number of hydrogen-bond donors (Lipinski definition) is 2. The van der Waals surface area contributed by atoms with Crippen LogP contribution in [0.25, 0.3) is 0 Å². The Labute approximate surface area is 78.2 Å². The van der Waals surface area contributed by atoms with Crippen LogP contribution in [0.3, 0.4) is 0 Å². The minimum absolute atomic E-state index is 0.123. The monoisotopic (exact) mass is 251 g/mol. The highest BCUT2D eigenvalue weighted by Crippen LogP contribution is 2.24. The van der Waals surface area contributed by atoms with Gasteiger partial charge in [-0.2, -0.15) is 0 Å². The van der Waals surface area contributed by atoms with E-state index in [9.17, 15) is 8.42 Å². The molecule has 0 heterocycles. The van der Waals surface area contributed by atoms with Gasteiger partial charge in [-0.15, -0.1) is 0 Å². The van der Waals surface area contributed by atoms with Crippen LogP contribution in [0.1, 0.15) is 0 Å². The van der Waals surface area contributed by atoms with Crippen LogP contribution in [0.15, 0.2) is 27.6 Å². The summed E-state index contributed by atoms with van der Waals surface area (Å²) < 4.78 is 22.0. The quantitative estimate of drug-likeness (QED) is 0.775. The number of phenols is 1. The normalized spacial score (nSPS) is 11.5. The van der Waals surface area contributed by atoms with Crippen LogP contribution in [0.4, 0.5) is 0 Å². The van der Waals surface area contributed by atoms with Gasteiger partial charge in [0, 0.05) is 10.5 Å². The van der Waals surface area contributed by atoms with Crippen LogP contribution < -0.4 is 5.14 Å². The maximum atomic E-state index is 10.8. The second-order valence-corrected chi connectivity index (χ2v) is 4.54. The Bertz CT molecular complexity index is 401. The third-order valence-corrected chi connectivity index (χ3v) is 3.13. The second-order valence-electron chi connectivity index (χ2n) is 2.16. The van der Waals surface area contributed by atoms with E-state index in [1.807, 2.05) is 0 Å². The molecule has 0 saturated carbocycles. The molecular weight excluding hydrogens is 246 g/mol. The van der Waals surface area contributed by atoms with E-state index < -0.39 is 10.0 Å². The Morgan fingerprint density at radius 3 is 2.42 bits per heavy atom. The Balaban J connectivity index is 3.43. The molecular formula is C6H6BrNO3S. The molecule has 0 amide bonds. The van der Waals surface area contributed by atoms with Gasteiger partial charge in [-0.25, -0.2) is 13.6 Å². The van der Waals surface area contributed by atoms with Gasteiger partial charge >= 0.3 is 0 Å². The predicted molar refractivity (Wildman–Crippen MR) is 47.2 cm³/mol. The number of primary sulfonamides is 1. The Kier molecular flexibility index (Phi) is 2.41. The van der Waals surface area contributed by atoms with Crippen molar-refractivity contribution in [3.63, 3.8) is 0 Å². The highest BCUT2D eigenvalue weighted by molar-refractivity contribution is 9.10. The van der Waals surface area contributed by atoms with Crippen molar-refractivity contribution in [2.45, 2.75) is 4.90 Å². The van der Waals surface area contributed by atoms with Crippen LogP contribution in [0.2, 0.25) is 0 Å². The van der Waals surface area contributed by atoms with E-state index in [0.29, 0.717) is 4.47 Å². The summed E-state index contributed by atoms with van der Waals surface area (Å²) in [5, 5.41) is 13.8. The first-order valence-corrected chi connectivity index (χ1v) is 5.26. The maximum absolute atomic E-state index is 10.8. The molecule has 66 valence electrons. The number of halogens is 1. The van der Waals surface area contributed by atoms with Crippen molar-refractivity contribution in [2.24, 2.45) is 5.14 Å². The van der Waals surface area contributed by atoms with Crippen LogP contribution in [-0.4, -0.2) is 13.5 Å². The van der Waals surface area contributed by atoms with Crippen molar-refractivity contribution in [3.05, 3.63) is 22.7 Å². The molecule has 0 aliphatic carbocycles. The minimum atomic E-state index is -3.76. The number of hydrogen-bond acceptors (Lipinski definition) is 3. The SMILES string of the molecule is NS(=O)(=O)c1cc(O)ccc1Br. The molecule has 1 rings (SSSR count). The second kappa shape index (κ2) is 3.04. The first kappa shape index (κ1) is 9.50. The molecule has 1 aromatic rings. The van der Waals surface area contributed by atoms with E-state index in [1.165, 1.54) is 12.1 Å². The summed E-state index contributed by atoms with van der Waals surface area (Å²) in [6.45, 7) is 0. The van der Waals surface area contributed by atoms with Crippen LogP contribution >= 0.6 is 15.9 Å². The third-order valence-electron chi connectivity index (χ3n) is 1.22. The fraction of sp³-hybridized carbons (Fsp3) is 0. The topological polar surface area (TPSA) is 80.4 Å². The standard InChI is InChI=1S/C6H6BrNO3S/c7-5-2-1-4(9)3-6(5)12(8,10)11/h1-3,9H,(H2,8,10,11). The summed E-state index contributed by atoms with van der Waals surface area (Å²) >= 11 is 3.00. The van der Waals surface area contributed by atoms with Crippen molar-refractivity contribution in [2.75, 3.05) is 0 Å². The smallest absolute Gasteiger partial charge is 0.239 e. The van der Waals surface area contributed by atoms with E-state index >= 15 is 0 Å². The van der Waals surface area contributed by atoms with Gasteiger partial charge in [0.2, 0.25) is 10.0 Å². The number of rotatable bonds is 1. The number of nitrogens with two attached hydrogens (primary N) is 1. The number of sulfonamides is 1. The highest BCUT2D eigenvalue weighted by Gasteiger charge is 2.12. The van der Waals surface area contributed by atoms with Crippen LogP contribution in [-0.2, 0) is 10.0 Å². The van der Waals surface area contributed by atoms with E-state index in [0.717, 1.165) is 6.07 Å². The molecule has 0 radical (unpaired) electrons. The Hall–Kier alpha value is -0.590. The molecule has 12 heavy (non-hydrogen) atoms. The summed E-state index contributed by atoms with van der Waals surface area (Å²) in [5.41, 5.74) is 0. The molecule has 0 atom stereocenters. The molecule has 0 spiro atoms. The van der Waals surface area contributed by atoms with Crippen molar-refractivity contribution >= 4 is 26.0 Å². The van der Waals surface area contributed by atoms with Gasteiger partial charge in [-0.3, -0.25) is 0 Å². The summed E-state index contributed by atoms with van der Waals surface area (Å²) in [7, 11) is -3.76. The number of aromatic hydroxyl groups is 1. The highest BCUT2D eigenvalue weighted by atomic mass is 79.9. The van der Waals surface area contributed by atoms with Gasteiger partial charge in [-0.05, 0) is 28.1 Å². The fourth-order valence-corrected chi connectivity index (χ4v) is 2.26. The van der Waals surface area contributed by atoms with E-state index in [4.69, 9.17) is 10.2 Å². The maximum Gasteiger partial charge on any atom is 0.239 e. The Morgan fingerprint density at radius 2 is 2.00 bits per heavy atom. The molecule has 0 aromatic heterocycles. The molecule has 0 saturated heterocycles. The van der Waals surface area contributed by atoms with Gasteiger partial charge in [0.15, 0.2) is 0 Å². The van der Waals surface area contributed by atoms with Gasteiger partial charge in [0.1, 0.15) is 5.75 Å². The fourth-order valence-electron chi connectivity index (χ4n) is 0.710. The summed E-state index contributed by atoms with van der Waals surface area (Å²) in [5.74, 6) is -0.137. The lowest BCUT2D eigenvalue weighted by Crippen LogP contribution is -2.12. The molecule has 0 aliphatic heterocycles. The summed E-state index contributed by atoms with van der Waals surface area (Å²) in [6.07, 6.45) is 0. The molecule has 0 bridgehead atoms. The largest absolute Gasteiger partial charge is 0.508 e. The summed E-state index contributed by atoms with van der Waals surface area (Å²) in [6, 6.07) is 3.85. The van der Waals surface area contributed by atoms with E-state index in [2.05, 4.69) is 15.9 Å². The molecule has 1 aromatic carbocycles. The van der Waals surface area contributed by atoms with E-state index in [-0.39, 0.29) is 10.6 Å². The average molecular weight is 252 g/mol. The van der Waals surface area contributed by atoms with Gasteiger partial charge < -0.3 is 5.11 Å². The molecule has 0 fully saturated rings. The van der Waals surface area contributed by atoms with Crippen molar-refractivity contribution < 1.29 is 13.5 Å². The minimum Gasteiger partial charge on any atom is -0.508 e. The van der Waals surface area contributed by atoms with Gasteiger partial charge in [0.05, 0.1) is 4.90 Å². The Morgan fingerprint density at radius 1 is 1.42 bits per heavy atom. The lowest BCUT2D eigenvalue weighted by Gasteiger charge is -2.01. The predicted octanol–water partition coefficient (Wildman–Crippen LogP) is 0.802. The summed E-state index contributed by atoms with van der Waals surface area (Å²) in [4.78, 5) is -0.123. The molecule has 3 N–H and O–H groups in total. The first-order chi connectivity index (χ1) is 5.41.